The quantitative estimate of drug-likeness (QED) is 0.555. The molecule has 2 saturated heterocycles. The Labute approximate surface area is 195 Å². The van der Waals surface area contributed by atoms with Gasteiger partial charge in [-0.2, -0.15) is 0 Å². The number of anilines is 1. The van der Waals surface area contributed by atoms with E-state index >= 15 is 0 Å². The average molecular weight is 504 g/mol. The molecule has 1 aromatic heterocycles. The second-order valence-corrected chi connectivity index (χ2v) is 8.30. The number of carbonyl (C=O) groups excluding carboxylic acids is 2. The van der Waals surface area contributed by atoms with Crippen molar-refractivity contribution in [1.82, 2.24) is 10.3 Å². The van der Waals surface area contributed by atoms with E-state index in [-0.39, 0.29) is 16.5 Å². The van der Waals surface area contributed by atoms with Gasteiger partial charge in [0.2, 0.25) is 5.88 Å². The van der Waals surface area contributed by atoms with Crippen LogP contribution in [0.3, 0.4) is 0 Å². The van der Waals surface area contributed by atoms with Crippen LogP contribution < -0.4 is 20.1 Å². The summed E-state index contributed by atoms with van der Waals surface area (Å²) in [6.07, 6.45) is -2.44. The van der Waals surface area contributed by atoms with Crippen LogP contribution in [0.15, 0.2) is 36.5 Å². The fourth-order valence-electron chi connectivity index (χ4n) is 3.94. The van der Waals surface area contributed by atoms with Crippen LogP contribution in [-0.4, -0.2) is 41.1 Å². The number of benzene rings is 1. The Morgan fingerprint density at radius 3 is 2.50 bits per heavy atom. The van der Waals surface area contributed by atoms with Gasteiger partial charge in [-0.15, -0.1) is 13.2 Å². The monoisotopic (exact) mass is 503 g/mol. The standard InChI is InChI=1S/C21H18ClF4N3O5/c22-14-3-2-13(9-15(14)23)32-11-16(30)29-20-7-5-19(34-20,6-8-20)18(31)28-12-1-4-17(27-10-12)33-21(24,25)26/h1-4,9-10H,5-8,11H2,(H,28,31)(H,29,30). The van der Waals surface area contributed by atoms with E-state index in [4.69, 9.17) is 21.1 Å². The van der Waals surface area contributed by atoms with E-state index in [0.717, 1.165) is 18.3 Å². The third-order valence-electron chi connectivity index (χ3n) is 5.51. The number of nitrogens with one attached hydrogen (secondary N) is 2. The van der Waals surface area contributed by atoms with Crippen LogP contribution in [0.5, 0.6) is 11.6 Å². The summed E-state index contributed by atoms with van der Waals surface area (Å²) in [6.45, 7) is -0.399. The Bertz CT molecular complexity index is 1090. The Kier molecular flexibility index (Phi) is 6.30. The van der Waals surface area contributed by atoms with Gasteiger partial charge >= 0.3 is 6.36 Å². The second-order valence-electron chi connectivity index (χ2n) is 7.89. The molecule has 4 rings (SSSR count). The van der Waals surface area contributed by atoms with E-state index in [1.807, 2.05) is 0 Å². The number of aromatic nitrogens is 1. The van der Waals surface area contributed by atoms with E-state index in [9.17, 15) is 27.2 Å². The zero-order chi connectivity index (χ0) is 24.6. The minimum Gasteiger partial charge on any atom is -0.484 e. The number of carbonyl (C=O) groups is 2. The zero-order valence-electron chi connectivity index (χ0n) is 17.4. The van der Waals surface area contributed by atoms with Crippen LogP contribution in [0, 0.1) is 5.82 Å². The first-order valence-electron chi connectivity index (χ1n) is 10.1. The summed E-state index contributed by atoms with van der Waals surface area (Å²) >= 11 is 5.61. The smallest absolute Gasteiger partial charge is 0.484 e. The van der Waals surface area contributed by atoms with Crippen molar-refractivity contribution in [2.45, 2.75) is 43.4 Å². The molecule has 182 valence electrons. The summed E-state index contributed by atoms with van der Waals surface area (Å²) in [7, 11) is 0. The zero-order valence-corrected chi connectivity index (χ0v) is 18.1. The van der Waals surface area contributed by atoms with Gasteiger partial charge in [0.25, 0.3) is 11.8 Å². The summed E-state index contributed by atoms with van der Waals surface area (Å²) < 4.78 is 65.1. The van der Waals surface area contributed by atoms with Crippen molar-refractivity contribution < 1.29 is 41.4 Å². The molecular formula is C21H18ClF4N3O5. The number of alkyl halides is 3. The summed E-state index contributed by atoms with van der Waals surface area (Å²) in [4.78, 5) is 28.7. The first-order chi connectivity index (χ1) is 16.0. The third kappa shape index (κ3) is 5.33. The van der Waals surface area contributed by atoms with Gasteiger partial charge in [-0.1, -0.05) is 11.6 Å². The van der Waals surface area contributed by atoms with E-state index in [1.165, 1.54) is 18.2 Å². The van der Waals surface area contributed by atoms with Crippen molar-refractivity contribution in [3.05, 3.63) is 47.4 Å². The molecule has 2 bridgehead atoms. The van der Waals surface area contributed by atoms with Crippen LogP contribution in [0.1, 0.15) is 25.7 Å². The Balaban J connectivity index is 1.31. The lowest BCUT2D eigenvalue weighted by molar-refractivity contribution is -0.276. The van der Waals surface area contributed by atoms with Crippen LogP contribution in [0.2, 0.25) is 5.02 Å². The summed E-state index contributed by atoms with van der Waals surface area (Å²) in [5.41, 5.74) is -2.09. The maximum absolute atomic E-state index is 13.5. The van der Waals surface area contributed by atoms with E-state index in [1.54, 1.807) is 0 Å². The van der Waals surface area contributed by atoms with Crippen LogP contribution in [-0.2, 0) is 14.3 Å². The topological polar surface area (TPSA) is 98.8 Å². The Morgan fingerprint density at radius 1 is 1.15 bits per heavy atom. The predicted octanol–water partition coefficient (Wildman–Crippen LogP) is 3.95. The number of pyridine rings is 1. The molecule has 3 heterocycles. The molecule has 2 N–H and O–H groups in total. The highest BCUT2D eigenvalue weighted by molar-refractivity contribution is 6.30. The van der Waals surface area contributed by atoms with Gasteiger partial charge in [-0.3, -0.25) is 9.59 Å². The molecule has 13 heteroatoms. The highest BCUT2D eigenvalue weighted by Crippen LogP contribution is 2.50. The number of halogens is 5. The molecule has 2 aliphatic rings. The van der Waals surface area contributed by atoms with Crippen LogP contribution >= 0.6 is 11.6 Å². The Hall–Kier alpha value is -3.12. The van der Waals surface area contributed by atoms with Crippen molar-refractivity contribution in [2.75, 3.05) is 11.9 Å². The van der Waals surface area contributed by atoms with Crippen molar-refractivity contribution >= 4 is 29.1 Å². The summed E-state index contributed by atoms with van der Waals surface area (Å²) in [6, 6.07) is 5.98. The molecule has 0 aliphatic carbocycles. The van der Waals surface area contributed by atoms with Crippen molar-refractivity contribution in [1.29, 1.82) is 0 Å². The van der Waals surface area contributed by atoms with Crippen molar-refractivity contribution in [2.24, 2.45) is 0 Å². The van der Waals surface area contributed by atoms with Gasteiger partial charge in [-0.25, -0.2) is 9.37 Å². The molecule has 0 radical (unpaired) electrons. The molecule has 1 aromatic carbocycles. The molecule has 0 spiro atoms. The van der Waals surface area contributed by atoms with Gasteiger partial charge < -0.3 is 24.8 Å². The fraction of sp³-hybridized carbons (Fsp3) is 0.381. The maximum Gasteiger partial charge on any atom is 0.574 e. The van der Waals surface area contributed by atoms with Crippen LogP contribution in [0.4, 0.5) is 23.2 Å². The minimum absolute atomic E-state index is 0.0722. The highest BCUT2D eigenvalue weighted by atomic mass is 35.5. The number of hydrogen-bond donors (Lipinski definition) is 2. The van der Waals surface area contributed by atoms with Gasteiger partial charge in [0.05, 0.1) is 16.9 Å². The molecule has 2 amide bonds. The lowest BCUT2D eigenvalue weighted by Crippen LogP contribution is -2.48. The molecule has 8 nitrogen and oxygen atoms in total. The predicted molar refractivity (Wildman–Crippen MR) is 110 cm³/mol. The Morgan fingerprint density at radius 2 is 1.88 bits per heavy atom. The van der Waals surface area contributed by atoms with Gasteiger partial charge in [0.15, 0.2) is 6.61 Å². The van der Waals surface area contributed by atoms with Gasteiger partial charge in [0.1, 0.15) is 22.9 Å². The van der Waals surface area contributed by atoms with Crippen molar-refractivity contribution in [3.63, 3.8) is 0 Å². The number of rotatable bonds is 7. The average Bonchev–Trinajstić information content (AvgIpc) is 3.32. The van der Waals surface area contributed by atoms with E-state index in [0.29, 0.717) is 25.7 Å². The normalized spacial score (nSPS) is 23.4. The number of ether oxygens (including phenoxy) is 3. The van der Waals surface area contributed by atoms with Crippen LogP contribution in [0.25, 0.3) is 0 Å². The molecule has 0 unspecified atom stereocenters. The van der Waals surface area contributed by atoms with E-state index in [2.05, 4.69) is 20.4 Å². The molecule has 2 fully saturated rings. The molecule has 2 aliphatic heterocycles. The lowest BCUT2D eigenvalue weighted by Gasteiger charge is -2.25. The second kappa shape index (κ2) is 8.91. The van der Waals surface area contributed by atoms with E-state index < -0.39 is 47.8 Å². The minimum atomic E-state index is -4.87. The number of fused-ring (bicyclic) bond motifs is 2. The summed E-state index contributed by atoms with van der Waals surface area (Å²) in [5, 5.41) is 5.23. The lowest BCUT2D eigenvalue weighted by atomic mass is 9.85. The van der Waals surface area contributed by atoms with Crippen molar-refractivity contribution in [3.8, 4) is 11.6 Å². The molecular weight excluding hydrogens is 486 g/mol. The first kappa shape index (κ1) is 24.0. The molecule has 2 aromatic rings. The first-order valence-corrected chi connectivity index (χ1v) is 10.5. The molecule has 0 atom stereocenters. The third-order valence-corrected chi connectivity index (χ3v) is 5.82. The SMILES string of the molecule is O=C(COc1ccc(Cl)c(F)c1)NC12CCC(C(=O)Nc3ccc(OC(F)(F)F)nc3)(CC1)O2. The summed E-state index contributed by atoms with van der Waals surface area (Å²) in [5.74, 6) is -2.23. The number of amides is 2. The highest BCUT2D eigenvalue weighted by Gasteiger charge is 2.60. The van der Waals surface area contributed by atoms with Gasteiger partial charge in [0, 0.05) is 12.1 Å². The molecule has 0 saturated carbocycles. The molecule has 34 heavy (non-hydrogen) atoms. The van der Waals surface area contributed by atoms with Gasteiger partial charge in [-0.05, 0) is 43.9 Å². The number of hydrogen-bond acceptors (Lipinski definition) is 6. The largest absolute Gasteiger partial charge is 0.574 e. The fourth-order valence-corrected chi connectivity index (χ4v) is 4.06. The maximum atomic E-state index is 13.5. The number of nitrogens with zero attached hydrogens (tertiary/aromatic N) is 1.